The number of aliphatic carboxylic acids is 1. The first-order valence-electron chi connectivity index (χ1n) is 18.9. The highest BCUT2D eigenvalue weighted by molar-refractivity contribution is 6.08. The Balaban J connectivity index is 0.000000191. The van der Waals surface area contributed by atoms with Crippen LogP contribution in [0.15, 0.2) is 64.7 Å². The number of hydrogen-bond acceptors (Lipinski definition) is 20. The molecular weight excluding hydrogens is 836 g/mol. The van der Waals surface area contributed by atoms with Crippen molar-refractivity contribution < 1.29 is 59.9 Å². The molecule has 0 saturated carbocycles. The third-order valence-corrected chi connectivity index (χ3v) is 9.22. The van der Waals surface area contributed by atoms with Gasteiger partial charge in [0.25, 0.3) is 11.1 Å². The summed E-state index contributed by atoms with van der Waals surface area (Å²) in [6.45, 7) is -1.85. The van der Waals surface area contributed by atoms with Gasteiger partial charge in [-0.25, -0.2) is 9.97 Å². The summed E-state index contributed by atoms with van der Waals surface area (Å²) in [6, 6.07) is 12.5. The molecule has 26 nitrogen and oxygen atoms in total. The molecule has 0 bridgehead atoms. The van der Waals surface area contributed by atoms with E-state index in [1.165, 1.54) is 21.8 Å². The van der Waals surface area contributed by atoms with Gasteiger partial charge >= 0.3 is 5.97 Å². The number of carboxylic acid groups (broad SMARTS) is 1. The number of hydrogen-bond donors (Lipinski definition) is 13. The third kappa shape index (κ3) is 12.6. The lowest BCUT2D eigenvalue weighted by Gasteiger charge is -2.20. The van der Waals surface area contributed by atoms with Crippen LogP contribution in [0.5, 0.6) is 0 Å². The van der Waals surface area contributed by atoms with Crippen LogP contribution < -0.4 is 28.3 Å². The van der Waals surface area contributed by atoms with E-state index in [0.29, 0.717) is 24.2 Å². The molecule has 1 aliphatic heterocycles. The maximum atomic E-state index is 12.4. The van der Waals surface area contributed by atoms with Crippen LogP contribution in [0.25, 0.3) is 22.3 Å². The fourth-order valence-corrected chi connectivity index (χ4v) is 5.61. The van der Waals surface area contributed by atoms with Gasteiger partial charge < -0.3 is 72.1 Å². The average molecular weight is 887 g/mol. The molecule has 0 radical (unpaired) electrons. The minimum atomic E-state index is -1.21. The van der Waals surface area contributed by atoms with Gasteiger partial charge in [-0.3, -0.25) is 38.3 Å². The number of carbonyl (C=O) groups is 2. The number of fused-ring (bicyclic) bond motifs is 3. The van der Waals surface area contributed by atoms with Crippen molar-refractivity contribution >= 4 is 46.0 Å². The molecular formula is C37H50N12O14. The lowest BCUT2D eigenvalue weighted by Crippen LogP contribution is -2.50. The summed E-state index contributed by atoms with van der Waals surface area (Å²) in [5.74, 6) is -1.41. The smallest absolute Gasteiger partial charge is 0.312 e. The number of rotatable bonds is 16. The summed E-state index contributed by atoms with van der Waals surface area (Å²) in [7, 11) is 0. The van der Waals surface area contributed by atoms with Gasteiger partial charge in [0, 0.05) is 17.8 Å². The summed E-state index contributed by atoms with van der Waals surface area (Å²) in [4.78, 5) is 66.8. The fraction of sp³-hybridized carbons (Fsp3) is 0.405. The van der Waals surface area contributed by atoms with Crippen molar-refractivity contribution in [2.45, 2.75) is 50.1 Å². The van der Waals surface area contributed by atoms with Crippen LogP contribution in [0.1, 0.15) is 34.1 Å². The second-order valence-corrected chi connectivity index (χ2v) is 13.7. The Hall–Kier alpha value is -6.46. The first-order chi connectivity index (χ1) is 30.2. The molecule has 0 spiro atoms. The van der Waals surface area contributed by atoms with E-state index in [4.69, 9.17) is 67.5 Å². The molecule has 0 aliphatic carbocycles. The van der Waals surface area contributed by atoms with Gasteiger partial charge in [-0.05, 0) is 18.6 Å². The zero-order valence-corrected chi connectivity index (χ0v) is 33.6. The van der Waals surface area contributed by atoms with E-state index < -0.39 is 60.6 Å². The van der Waals surface area contributed by atoms with E-state index in [1.807, 2.05) is 22.8 Å². The van der Waals surface area contributed by atoms with Crippen molar-refractivity contribution in [1.82, 2.24) is 43.6 Å². The number of H-pyrrole nitrogens is 2. The molecule has 63 heavy (non-hydrogen) atoms. The lowest BCUT2D eigenvalue weighted by atomic mass is 10.1. The van der Waals surface area contributed by atoms with Crippen LogP contribution in [0.2, 0.25) is 0 Å². The zero-order chi connectivity index (χ0) is 46.3. The van der Waals surface area contributed by atoms with Gasteiger partial charge in [0.05, 0.1) is 76.1 Å². The monoisotopic (exact) mass is 886 g/mol. The second-order valence-electron chi connectivity index (χ2n) is 13.7. The van der Waals surface area contributed by atoms with Gasteiger partial charge in [-0.2, -0.15) is 9.97 Å². The molecule has 1 unspecified atom stereocenters. The molecule has 26 heteroatoms. The number of aliphatic hydroxyl groups is 7. The number of nitrogen functional groups attached to an aromatic ring is 2. The van der Waals surface area contributed by atoms with Crippen LogP contribution in [-0.4, -0.2) is 160 Å². The maximum absolute atomic E-state index is 12.4. The Morgan fingerprint density at radius 3 is 1.60 bits per heavy atom. The van der Waals surface area contributed by atoms with Gasteiger partial charge in [-0.15, -0.1) is 0 Å². The van der Waals surface area contributed by atoms with E-state index in [9.17, 15) is 19.2 Å². The molecule has 6 heterocycles. The number of nitrogens with one attached hydrogen (secondary N) is 2. The van der Waals surface area contributed by atoms with Gasteiger partial charge in [0.1, 0.15) is 25.7 Å². The van der Waals surface area contributed by atoms with E-state index in [-0.39, 0.29) is 79.9 Å². The molecule has 1 aromatic carbocycles. The summed E-state index contributed by atoms with van der Waals surface area (Å²) < 4.78 is 15.1. The highest BCUT2D eigenvalue weighted by Gasteiger charge is 2.31. The number of carbonyl (C=O) groups excluding carboxylic acids is 1. The fourth-order valence-electron chi connectivity index (χ4n) is 5.61. The van der Waals surface area contributed by atoms with E-state index in [2.05, 4.69) is 29.9 Å². The Kier molecular flexibility index (Phi) is 18.1. The number of benzene rings is 1. The van der Waals surface area contributed by atoms with Crippen LogP contribution in [0.3, 0.4) is 0 Å². The minimum Gasteiger partial charge on any atom is -0.481 e. The quantitative estimate of drug-likeness (QED) is 0.0412. The first-order valence-corrected chi connectivity index (χ1v) is 18.9. The number of imidazole rings is 2. The summed E-state index contributed by atoms with van der Waals surface area (Å²) >= 11 is 0. The second kappa shape index (κ2) is 23.1. The summed E-state index contributed by atoms with van der Waals surface area (Å²) in [5, 5.41) is 69.6. The van der Waals surface area contributed by atoms with E-state index >= 15 is 0 Å². The molecule has 0 saturated heterocycles. The van der Waals surface area contributed by atoms with Crippen LogP contribution in [0.4, 0.5) is 11.9 Å². The number of nitrogens with two attached hydrogens (primary N) is 3. The van der Waals surface area contributed by atoms with E-state index in [1.54, 1.807) is 24.3 Å². The van der Waals surface area contributed by atoms with Gasteiger partial charge in [0.15, 0.2) is 22.3 Å². The number of aromatic amines is 2. The Morgan fingerprint density at radius 2 is 1.21 bits per heavy atom. The summed E-state index contributed by atoms with van der Waals surface area (Å²) in [5.41, 5.74) is 16.7. The molecule has 5 aromatic heterocycles. The molecule has 7 rings (SSSR count). The Labute approximate surface area is 355 Å². The number of anilines is 2. The molecule has 0 fully saturated rings. The third-order valence-electron chi connectivity index (χ3n) is 9.22. The van der Waals surface area contributed by atoms with Crippen molar-refractivity contribution in [2.24, 2.45) is 5.73 Å². The zero-order valence-electron chi connectivity index (χ0n) is 33.6. The molecule has 16 N–H and O–H groups in total. The van der Waals surface area contributed by atoms with Gasteiger partial charge in [0.2, 0.25) is 17.7 Å². The molecule has 342 valence electrons. The van der Waals surface area contributed by atoms with Crippen LogP contribution in [0, 0.1) is 0 Å². The highest BCUT2D eigenvalue weighted by Crippen LogP contribution is 2.31. The Morgan fingerprint density at radius 1 is 0.746 bits per heavy atom. The molecule has 0 amide bonds. The van der Waals surface area contributed by atoms with Crippen molar-refractivity contribution in [1.29, 1.82) is 0 Å². The number of ketones is 1. The van der Waals surface area contributed by atoms with Crippen LogP contribution >= 0.6 is 0 Å². The predicted octanol–water partition coefficient (Wildman–Crippen LogP) is -3.99. The largest absolute Gasteiger partial charge is 0.481 e. The molecule has 1 aliphatic rings. The van der Waals surface area contributed by atoms with Crippen molar-refractivity contribution in [3.63, 3.8) is 0 Å². The van der Waals surface area contributed by atoms with Crippen molar-refractivity contribution in [2.75, 3.05) is 57.7 Å². The molecule has 6 aromatic rings. The maximum Gasteiger partial charge on any atom is 0.312 e. The average Bonchev–Trinajstić information content (AvgIpc) is 4.10. The number of aliphatic hydroxyl groups excluding tert-OH is 7. The number of nitrogens with zero attached hydrogens (tertiary/aromatic N) is 7. The van der Waals surface area contributed by atoms with Crippen LogP contribution in [-0.2, 0) is 34.3 Å². The number of ether oxygens (including phenoxy) is 2. The SMILES string of the molecule is NC(CO)(CO)CO.Nc1nc2c(ncn2COC(CO)CO)c(=O)[nH]1.Nc1nc2c(ncn2COC(CO)CO)c(=O)[nH]1.O=C(c1ccccc1)c1ccc2n1CCC2C(=O)O. The Bertz CT molecular complexity index is 2390. The molecule has 1 atom stereocenters. The minimum absolute atomic E-state index is 0.00181. The lowest BCUT2D eigenvalue weighted by molar-refractivity contribution is -0.138. The standard InChI is InChI=1S/C15H13NO3.2C9H13N5O4.C4H11NO3/c17-14(10-4-2-1-3-5-10)13-7-6-12-11(15(18)19)8-9-16(12)13;2*10-9-12-7-6(8(17)13-9)11-3-14(7)4-18-5(1-15)2-16;5-4(1-6,2-7)3-8/h1-7,11H,8-9H2,(H,18,19);2*3,5,15-16H,1-2,4H2,(H3,10,12,13,17);6-8H,1-3,5H2. The highest BCUT2D eigenvalue weighted by atomic mass is 16.5. The predicted molar refractivity (Wildman–Crippen MR) is 221 cm³/mol. The normalized spacial score (nSPS) is 13.3. The number of carboxylic acids is 1. The van der Waals surface area contributed by atoms with Crippen molar-refractivity contribution in [3.8, 4) is 0 Å². The topological polar surface area (TPSA) is 425 Å². The number of aromatic nitrogens is 9. The summed E-state index contributed by atoms with van der Waals surface area (Å²) in [6.07, 6.45) is 1.92. The first kappa shape index (κ1) is 49.2. The van der Waals surface area contributed by atoms with E-state index in [0.717, 1.165) is 5.69 Å². The van der Waals surface area contributed by atoms with Gasteiger partial charge in [-0.1, -0.05) is 30.3 Å². The van der Waals surface area contributed by atoms with Crippen molar-refractivity contribution in [3.05, 3.63) is 92.8 Å².